The Balaban J connectivity index is 2.72. The Kier molecular flexibility index (Phi) is 4.63. The first-order valence-corrected chi connectivity index (χ1v) is 4.92. The number of benzene rings is 1. The van der Waals surface area contributed by atoms with E-state index in [4.69, 9.17) is 5.26 Å². The number of nitrogens with one attached hydrogen (secondary N) is 1. The van der Waals surface area contributed by atoms with Gasteiger partial charge in [-0.1, -0.05) is 30.0 Å². The summed E-state index contributed by atoms with van der Waals surface area (Å²) in [6.07, 6.45) is 0.352. The molecule has 3 nitrogen and oxygen atoms in total. The van der Waals surface area contributed by atoms with Crippen LogP contribution in [-0.4, -0.2) is 12.5 Å². The van der Waals surface area contributed by atoms with E-state index in [1.165, 1.54) is 6.92 Å². The highest BCUT2D eigenvalue weighted by atomic mass is 16.1. The van der Waals surface area contributed by atoms with E-state index in [1.54, 1.807) is 0 Å². The van der Waals surface area contributed by atoms with Crippen molar-refractivity contribution >= 4 is 5.91 Å². The van der Waals surface area contributed by atoms with Gasteiger partial charge < -0.3 is 5.32 Å². The van der Waals surface area contributed by atoms with E-state index in [1.807, 2.05) is 24.3 Å². The maximum absolute atomic E-state index is 10.6. The summed E-state index contributed by atoms with van der Waals surface area (Å²) >= 11 is 0. The van der Waals surface area contributed by atoms with E-state index < -0.39 is 0 Å². The van der Waals surface area contributed by atoms with E-state index in [0.29, 0.717) is 13.0 Å². The molecule has 0 atom stereocenters. The number of carbonyl (C=O) groups excluding carboxylic acids is 1. The highest BCUT2D eigenvalue weighted by Crippen LogP contribution is 2.07. The van der Waals surface area contributed by atoms with Crippen LogP contribution in [0.3, 0.4) is 0 Å². The Morgan fingerprint density at radius 1 is 1.44 bits per heavy atom. The van der Waals surface area contributed by atoms with Crippen LogP contribution in [0.5, 0.6) is 0 Å². The highest BCUT2D eigenvalue weighted by molar-refractivity contribution is 5.73. The molecule has 0 fully saturated rings. The van der Waals surface area contributed by atoms with Crippen LogP contribution in [-0.2, 0) is 11.2 Å². The van der Waals surface area contributed by atoms with Crippen LogP contribution in [0, 0.1) is 23.2 Å². The Bertz CT molecular complexity index is 475. The first kappa shape index (κ1) is 11.8. The first-order chi connectivity index (χ1) is 7.74. The molecule has 16 heavy (non-hydrogen) atoms. The number of hydrogen-bond donors (Lipinski definition) is 1. The standard InChI is InChI=1S/C13H12N2O/c1-11(16)15-10-4-7-12-5-2-3-6-13(12)8-9-14/h2-3,5-6H,8,10H2,1H3,(H,15,16). The van der Waals surface area contributed by atoms with Gasteiger partial charge in [0, 0.05) is 12.5 Å². The lowest BCUT2D eigenvalue weighted by atomic mass is 10.1. The largest absolute Gasteiger partial charge is 0.345 e. The van der Waals surface area contributed by atoms with Crippen LogP contribution in [0.25, 0.3) is 0 Å². The van der Waals surface area contributed by atoms with E-state index in [0.717, 1.165) is 11.1 Å². The fourth-order valence-corrected chi connectivity index (χ4v) is 1.19. The highest BCUT2D eigenvalue weighted by Gasteiger charge is 1.96. The van der Waals surface area contributed by atoms with Crippen LogP contribution < -0.4 is 5.32 Å². The predicted molar refractivity (Wildman–Crippen MR) is 61.3 cm³/mol. The molecule has 0 aliphatic rings. The minimum atomic E-state index is -0.0976. The second-order valence-corrected chi connectivity index (χ2v) is 3.20. The van der Waals surface area contributed by atoms with Gasteiger partial charge in [-0.2, -0.15) is 5.26 Å². The third kappa shape index (κ3) is 3.86. The Hall–Kier alpha value is -2.26. The van der Waals surface area contributed by atoms with Crippen LogP contribution in [0.2, 0.25) is 0 Å². The van der Waals surface area contributed by atoms with Crippen LogP contribution >= 0.6 is 0 Å². The lowest BCUT2D eigenvalue weighted by Gasteiger charge is -1.98. The lowest BCUT2D eigenvalue weighted by Crippen LogP contribution is -2.19. The smallest absolute Gasteiger partial charge is 0.217 e. The quantitative estimate of drug-likeness (QED) is 0.750. The molecule has 1 N–H and O–H groups in total. The Labute approximate surface area is 95.1 Å². The monoisotopic (exact) mass is 212 g/mol. The molecule has 1 rings (SSSR count). The first-order valence-electron chi connectivity index (χ1n) is 4.92. The Morgan fingerprint density at radius 2 is 2.19 bits per heavy atom. The number of rotatable bonds is 2. The number of amides is 1. The van der Waals surface area contributed by atoms with Crippen molar-refractivity contribution in [2.45, 2.75) is 13.3 Å². The van der Waals surface area contributed by atoms with E-state index in [-0.39, 0.29) is 5.91 Å². The van der Waals surface area contributed by atoms with E-state index in [2.05, 4.69) is 23.2 Å². The zero-order valence-electron chi connectivity index (χ0n) is 9.08. The molecule has 0 heterocycles. The van der Waals surface area contributed by atoms with Gasteiger partial charge in [0.05, 0.1) is 19.0 Å². The third-order valence-corrected chi connectivity index (χ3v) is 1.94. The van der Waals surface area contributed by atoms with Crippen molar-refractivity contribution in [3.8, 4) is 17.9 Å². The van der Waals surface area contributed by atoms with E-state index >= 15 is 0 Å². The molecule has 0 saturated heterocycles. The molecular formula is C13H12N2O. The number of nitrogens with zero attached hydrogens (tertiary/aromatic N) is 1. The molecule has 0 spiro atoms. The van der Waals surface area contributed by atoms with Crippen LogP contribution in [0.15, 0.2) is 24.3 Å². The Morgan fingerprint density at radius 3 is 2.88 bits per heavy atom. The molecule has 1 aromatic carbocycles. The normalized spacial score (nSPS) is 8.50. The summed E-state index contributed by atoms with van der Waals surface area (Å²) in [5, 5.41) is 11.2. The van der Waals surface area contributed by atoms with Crippen LogP contribution in [0.1, 0.15) is 18.1 Å². The molecular weight excluding hydrogens is 200 g/mol. The molecule has 1 aromatic rings. The number of hydrogen-bond acceptors (Lipinski definition) is 2. The maximum Gasteiger partial charge on any atom is 0.217 e. The van der Waals surface area contributed by atoms with Gasteiger partial charge in [0.25, 0.3) is 0 Å². The zero-order chi connectivity index (χ0) is 11.8. The summed E-state index contributed by atoms with van der Waals surface area (Å²) in [5.41, 5.74) is 1.76. The van der Waals surface area contributed by atoms with Gasteiger partial charge in [-0.15, -0.1) is 0 Å². The molecule has 0 aliphatic heterocycles. The van der Waals surface area contributed by atoms with Crippen molar-refractivity contribution < 1.29 is 4.79 Å². The molecule has 0 saturated carbocycles. The van der Waals surface area contributed by atoms with Gasteiger partial charge >= 0.3 is 0 Å². The fourth-order valence-electron chi connectivity index (χ4n) is 1.19. The minimum Gasteiger partial charge on any atom is -0.345 e. The molecule has 1 amide bonds. The van der Waals surface area contributed by atoms with Crippen molar-refractivity contribution in [3.63, 3.8) is 0 Å². The second-order valence-electron chi connectivity index (χ2n) is 3.20. The third-order valence-electron chi connectivity index (χ3n) is 1.94. The summed E-state index contributed by atoms with van der Waals surface area (Å²) in [5.74, 6) is 5.68. The topological polar surface area (TPSA) is 52.9 Å². The molecule has 80 valence electrons. The van der Waals surface area contributed by atoms with Crippen molar-refractivity contribution in [1.29, 1.82) is 5.26 Å². The maximum atomic E-state index is 10.6. The molecule has 0 aromatic heterocycles. The van der Waals surface area contributed by atoms with Gasteiger partial charge in [0.1, 0.15) is 0 Å². The number of carbonyl (C=O) groups is 1. The fraction of sp³-hybridized carbons (Fsp3) is 0.231. The predicted octanol–water partition coefficient (Wildman–Crippen LogP) is 1.24. The molecule has 0 bridgehead atoms. The van der Waals surface area contributed by atoms with Gasteiger partial charge in [-0.05, 0) is 11.6 Å². The average Bonchev–Trinajstić information content (AvgIpc) is 2.26. The van der Waals surface area contributed by atoms with Gasteiger partial charge in [-0.25, -0.2) is 0 Å². The molecule has 0 radical (unpaired) electrons. The number of nitriles is 1. The summed E-state index contributed by atoms with van der Waals surface area (Å²) in [6, 6.07) is 9.60. The zero-order valence-corrected chi connectivity index (χ0v) is 9.08. The molecule has 0 unspecified atom stereocenters. The summed E-state index contributed by atoms with van der Waals surface area (Å²) < 4.78 is 0. The molecule has 0 aliphatic carbocycles. The summed E-state index contributed by atoms with van der Waals surface area (Å²) in [6.45, 7) is 1.78. The van der Waals surface area contributed by atoms with Gasteiger partial charge in [0.15, 0.2) is 0 Å². The minimum absolute atomic E-state index is 0.0976. The summed E-state index contributed by atoms with van der Waals surface area (Å²) in [7, 11) is 0. The van der Waals surface area contributed by atoms with Crippen molar-refractivity contribution in [2.24, 2.45) is 0 Å². The summed E-state index contributed by atoms with van der Waals surface area (Å²) in [4.78, 5) is 10.6. The van der Waals surface area contributed by atoms with Crippen molar-refractivity contribution in [2.75, 3.05) is 6.54 Å². The SMILES string of the molecule is CC(=O)NCC#Cc1ccccc1CC#N. The van der Waals surface area contributed by atoms with Gasteiger partial charge in [0.2, 0.25) is 5.91 Å². The van der Waals surface area contributed by atoms with Crippen LogP contribution in [0.4, 0.5) is 0 Å². The van der Waals surface area contributed by atoms with Gasteiger partial charge in [-0.3, -0.25) is 4.79 Å². The van der Waals surface area contributed by atoms with Crippen molar-refractivity contribution in [3.05, 3.63) is 35.4 Å². The van der Waals surface area contributed by atoms with Crippen molar-refractivity contribution in [1.82, 2.24) is 5.32 Å². The second kappa shape index (κ2) is 6.27. The van der Waals surface area contributed by atoms with E-state index in [9.17, 15) is 4.79 Å². The lowest BCUT2D eigenvalue weighted by molar-refractivity contribution is -0.118. The average molecular weight is 212 g/mol. The molecule has 3 heteroatoms.